The van der Waals surface area contributed by atoms with Gasteiger partial charge in [-0.05, 0) is 49.9 Å². The first-order valence-corrected chi connectivity index (χ1v) is 8.89. The van der Waals surface area contributed by atoms with Crippen molar-refractivity contribution < 1.29 is 9.59 Å². The van der Waals surface area contributed by atoms with Crippen molar-refractivity contribution in [3.63, 3.8) is 0 Å². The number of thioether (sulfide) groups is 2. The molecule has 2 aromatic rings. The number of hydrogen-bond donors (Lipinski definition) is 0. The Kier molecular flexibility index (Phi) is 6.68. The highest BCUT2D eigenvalue weighted by Gasteiger charge is 2.17. The highest BCUT2D eigenvalue weighted by molar-refractivity contribution is 8.14. The van der Waals surface area contributed by atoms with Crippen molar-refractivity contribution >= 4 is 33.8 Å². The minimum Gasteiger partial charge on any atom is -0.286 e. The molecule has 23 heavy (non-hydrogen) atoms. The van der Waals surface area contributed by atoms with Crippen LogP contribution in [0.2, 0.25) is 0 Å². The summed E-state index contributed by atoms with van der Waals surface area (Å²) in [5.41, 5.74) is 1.48. The fourth-order valence-electron chi connectivity index (χ4n) is 1.91. The van der Waals surface area contributed by atoms with Gasteiger partial charge in [0.2, 0.25) is 5.12 Å². The van der Waals surface area contributed by atoms with Crippen molar-refractivity contribution in [2.45, 2.75) is 30.1 Å². The maximum Gasteiger partial charge on any atom is 0.220 e. The summed E-state index contributed by atoms with van der Waals surface area (Å²) < 4.78 is 0. The monoisotopic (exact) mass is 342 g/mol. The van der Waals surface area contributed by atoms with Crippen LogP contribution in [-0.2, 0) is 9.59 Å². The lowest BCUT2D eigenvalue weighted by molar-refractivity contribution is -0.112. The van der Waals surface area contributed by atoms with E-state index >= 15 is 0 Å². The van der Waals surface area contributed by atoms with E-state index in [4.69, 9.17) is 0 Å². The highest BCUT2D eigenvalue weighted by atomic mass is 32.2. The van der Waals surface area contributed by atoms with Crippen molar-refractivity contribution in [1.82, 2.24) is 0 Å². The second kappa shape index (κ2) is 8.75. The number of benzene rings is 2. The molecule has 0 saturated heterocycles. The maximum absolute atomic E-state index is 12.5. The van der Waals surface area contributed by atoms with Gasteiger partial charge in [-0.25, -0.2) is 0 Å². The molecule has 4 heteroatoms. The Morgan fingerprint density at radius 1 is 0.783 bits per heavy atom. The van der Waals surface area contributed by atoms with E-state index in [0.29, 0.717) is 5.57 Å². The number of rotatable bonds is 5. The van der Waals surface area contributed by atoms with Gasteiger partial charge in [0.25, 0.3) is 0 Å². The Balaban J connectivity index is 2.03. The van der Waals surface area contributed by atoms with Crippen molar-refractivity contribution in [2.24, 2.45) is 0 Å². The average molecular weight is 342 g/mol. The SMILES string of the molecule is CC(C)=C(CC(=O)Sc1ccccc1)C(=O)Sc1ccccc1. The van der Waals surface area contributed by atoms with Gasteiger partial charge in [0, 0.05) is 21.8 Å². The van der Waals surface area contributed by atoms with Crippen LogP contribution in [0.15, 0.2) is 81.6 Å². The third kappa shape index (κ3) is 5.73. The van der Waals surface area contributed by atoms with Crippen LogP contribution in [0, 0.1) is 0 Å². The molecule has 0 fully saturated rings. The molecule has 2 nitrogen and oxygen atoms in total. The zero-order chi connectivity index (χ0) is 16.7. The van der Waals surface area contributed by atoms with Crippen molar-refractivity contribution in [1.29, 1.82) is 0 Å². The van der Waals surface area contributed by atoms with Crippen LogP contribution in [0.4, 0.5) is 0 Å². The molecule has 0 aliphatic carbocycles. The molecule has 0 aliphatic heterocycles. The Bertz CT molecular complexity index is 703. The molecule has 0 spiro atoms. The molecular weight excluding hydrogens is 324 g/mol. The van der Waals surface area contributed by atoms with Gasteiger partial charge in [-0.3, -0.25) is 9.59 Å². The van der Waals surface area contributed by atoms with Crippen LogP contribution < -0.4 is 0 Å². The fraction of sp³-hybridized carbons (Fsp3) is 0.158. The van der Waals surface area contributed by atoms with Crippen molar-refractivity contribution in [2.75, 3.05) is 0 Å². The minimum atomic E-state index is -0.0572. The smallest absolute Gasteiger partial charge is 0.220 e. The van der Waals surface area contributed by atoms with Crippen LogP contribution >= 0.6 is 23.5 Å². The van der Waals surface area contributed by atoms with Gasteiger partial charge < -0.3 is 0 Å². The summed E-state index contributed by atoms with van der Waals surface area (Å²) in [6.45, 7) is 3.75. The van der Waals surface area contributed by atoms with E-state index in [-0.39, 0.29) is 16.7 Å². The number of carbonyl (C=O) groups excluding carboxylic acids is 2. The van der Waals surface area contributed by atoms with Crippen LogP contribution in [0.25, 0.3) is 0 Å². The zero-order valence-corrected chi connectivity index (χ0v) is 14.7. The number of hydrogen-bond acceptors (Lipinski definition) is 4. The molecule has 0 unspecified atom stereocenters. The van der Waals surface area contributed by atoms with Crippen molar-refractivity contribution in [3.8, 4) is 0 Å². The third-order valence-corrected chi connectivity index (χ3v) is 4.92. The molecule has 0 aliphatic rings. The van der Waals surface area contributed by atoms with Gasteiger partial charge in [0.15, 0.2) is 5.12 Å². The summed E-state index contributed by atoms with van der Waals surface area (Å²) in [6.07, 6.45) is 0.153. The maximum atomic E-state index is 12.5. The van der Waals surface area contributed by atoms with E-state index < -0.39 is 0 Å². The van der Waals surface area contributed by atoms with Gasteiger partial charge in [-0.1, -0.05) is 53.7 Å². The molecule has 0 radical (unpaired) electrons. The number of carbonyl (C=O) groups is 2. The van der Waals surface area contributed by atoms with E-state index in [9.17, 15) is 9.59 Å². The lowest BCUT2D eigenvalue weighted by Crippen LogP contribution is -2.05. The first-order valence-electron chi connectivity index (χ1n) is 7.25. The first-order chi connectivity index (χ1) is 11.1. The summed E-state index contributed by atoms with van der Waals surface area (Å²) >= 11 is 2.35. The van der Waals surface area contributed by atoms with Crippen LogP contribution in [0.1, 0.15) is 20.3 Å². The molecular formula is C19H18O2S2. The molecule has 0 bridgehead atoms. The Hall–Kier alpha value is -1.78. The molecule has 0 atom stereocenters. The van der Waals surface area contributed by atoms with E-state index in [2.05, 4.69) is 0 Å². The molecule has 0 N–H and O–H groups in total. The Morgan fingerprint density at radius 3 is 1.74 bits per heavy atom. The molecule has 0 amide bonds. The van der Waals surface area contributed by atoms with Gasteiger partial charge in [0.1, 0.15) is 0 Å². The minimum absolute atomic E-state index is 0.0191. The quantitative estimate of drug-likeness (QED) is 0.542. The lowest BCUT2D eigenvalue weighted by atomic mass is 10.1. The Labute approximate surface area is 145 Å². The molecule has 118 valence electrons. The summed E-state index contributed by atoms with van der Waals surface area (Å²) in [5.74, 6) is 0. The van der Waals surface area contributed by atoms with Gasteiger partial charge in [-0.15, -0.1) is 0 Å². The number of allylic oxidation sites excluding steroid dienone is 1. The zero-order valence-electron chi connectivity index (χ0n) is 13.1. The summed E-state index contributed by atoms with van der Waals surface area (Å²) in [5, 5.41) is -0.0763. The largest absolute Gasteiger partial charge is 0.286 e. The molecule has 2 aromatic carbocycles. The highest BCUT2D eigenvalue weighted by Crippen LogP contribution is 2.28. The second-order valence-electron chi connectivity index (χ2n) is 5.15. The predicted octanol–water partition coefficient (Wildman–Crippen LogP) is 5.35. The summed E-state index contributed by atoms with van der Waals surface area (Å²) in [7, 11) is 0. The fourth-order valence-corrected chi connectivity index (χ4v) is 3.59. The normalized spacial score (nSPS) is 10.2. The molecule has 0 heterocycles. The van der Waals surface area contributed by atoms with Gasteiger partial charge in [-0.2, -0.15) is 0 Å². The Morgan fingerprint density at radius 2 is 1.26 bits per heavy atom. The summed E-state index contributed by atoms with van der Waals surface area (Å²) in [4.78, 5) is 26.5. The topological polar surface area (TPSA) is 34.1 Å². The van der Waals surface area contributed by atoms with Crippen molar-refractivity contribution in [3.05, 3.63) is 71.8 Å². The third-order valence-electron chi connectivity index (χ3n) is 3.10. The van der Waals surface area contributed by atoms with Gasteiger partial charge >= 0.3 is 0 Å². The summed E-state index contributed by atoms with van der Waals surface area (Å²) in [6, 6.07) is 19.0. The van der Waals surface area contributed by atoms with E-state index in [1.54, 1.807) is 0 Å². The standard InChI is InChI=1S/C19H18O2S2/c1-14(2)17(19(21)23-16-11-7-4-8-12-16)13-18(20)22-15-9-5-3-6-10-15/h3-12H,13H2,1-2H3. The van der Waals surface area contributed by atoms with Crippen LogP contribution in [0.3, 0.4) is 0 Å². The van der Waals surface area contributed by atoms with E-state index in [1.807, 2.05) is 74.5 Å². The average Bonchev–Trinajstić information content (AvgIpc) is 2.54. The molecule has 0 saturated carbocycles. The second-order valence-corrected chi connectivity index (χ2v) is 7.32. The molecule has 0 aromatic heterocycles. The lowest BCUT2D eigenvalue weighted by Gasteiger charge is -2.08. The van der Waals surface area contributed by atoms with E-state index in [0.717, 1.165) is 15.4 Å². The van der Waals surface area contributed by atoms with Gasteiger partial charge in [0.05, 0.1) is 0 Å². The van der Waals surface area contributed by atoms with Crippen LogP contribution in [0.5, 0.6) is 0 Å². The molecule has 2 rings (SSSR count). The van der Waals surface area contributed by atoms with Crippen LogP contribution in [-0.4, -0.2) is 10.2 Å². The first kappa shape index (κ1) is 17.6. The predicted molar refractivity (Wildman–Crippen MR) is 97.6 cm³/mol. The van der Waals surface area contributed by atoms with E-state index in [1.165, 1.54) is 23.5 Å².